The van der Waals surface area contributed by atoms with Crippen molar-refractivity contribution >= 4 is 29.9 Å². The maximum Gasteiger partial charge on any atom is 0.194 e. The molecule has 3 fully saturated rings. The first-order chi connectivity index (χ1) is 14.3. The first-order valence-electron chi connectivity index (χ1n) is 11.1. The summed E-state index contributed by atoms with van der Waals surface area (Å²) >= 11 is 0. The topological polar surface area (TPSA) is 55.3 Å². The van der Waals surface area contributed by atoms with E-state index in [2.05, 4.69) is 41.4 Å². The molecule has 3 aliphatic rings. The number of benzene rings is 1. The van der Waals surface area contributed by atoms with Crippen molar-refractivity contribution in [3.63, 3.8) is 0 Å². The van der Waals surface area contributed by atoms with E-state index >= 15 is 0 Å². The molecule has 1 unspecified atom stereocenters. The Kier molecular flexibility index (Phi) is 9.22. The van der Waals surface area contributed by atoms with Gasteiger partial charge in [-0.1, -0.05) is 24.3 Å². The highest BCUT2D eigenvalue weighted by atomic mass is 127. The van der Waals surface area contributed by atoms with Gasteiger partial charge in [-0.15, -0.1) is 24.0 Å². The van der Waals surface area contributed by atoms with E-state index in [9.17, 15) is 0 Å². The fraction of sp³-hybridized carbons (Fsp3) is 0.696. The molecule has 0 radical (unpaired) electrons. The summed E-state index contributed by atoms with van der Waals surface area (Å²) in [5.74, 6) is 1.03. The quantitative estimate of drug-likeness (QED) is 0.347. The average Bonchev–Trinajstić information content (AvgIpc) is 3.41. The number of halogens is 1. The number of aliphatic imine (C=N–C) groups is 1. The molecule has 3 saturated heterocycles. The minimum absolute atomic E-state index is 0. The van der Waals surface area contributed by atoms with Crippen LogP contribution in [0.2, 0.25) is 0 Å². The molecule has 1 aromatic carbocycles. The SMILES string of the molecule is CCNC(=NCc1ccc(COC2CCOCC2)cc1)N1CCC2(CCOC2)C1.I. The number of likely N-dealkylation sites (tertiary alicyclic amines) is 1. The van der Waals surface area contributed by atoms with E-state index in [4.69, 9.17) is 19.2 Å². The zero-order valence-electron chi connectivity index (χ0n) is 18.1. The molecule has 0 amide bonds. The molecule has 3 heterocycles. The van der Waals surface area contributed by atoms with Gasteiger partial charge in [0.25, 0.3) is 0 Å². The van der Waals surface area contributed by atoms with Crippen LogP contribution in [0.5, 0.6) is 0 Å². The van der Waals surface area contributed by atoms with Crippen LogP contribution in [-0.4, -0.2) is 63.0 Å². The predicted molar refractivity (Wildman–Crippen MR) is 129 cm³/mol. The van der Waals surface area contributed by atoms with Crippen LogP contribution in [0, 0.1) is 5.41 Å². The summed E-state index contributed by atoms with van der Waals surface area (Å²) in [5, 5.41) is 3.47. The molecule has 4 rings (SSSR count). The first kappa shape index (κ1) is 23.8. The highest BCUT2D eigenvalue weighted by Crippen LogP contribution is 2.38. The van der Waals surface area contributed by atoms with Gasteiger partial charge >= 0.3 is 0 Å². The second kappa shape index (κ2) is 11.6. The van der Waals surface area contributed by atoms with Crippen LogP contribution in [0.15, 0.2) is 29.3 Å². The molecule has 3 aliphatic heterocycles. The maximum atomic E-state index is 6.02. The minimum Gasteiger partial charge on any atom is -0.381 e. The van der Waals surface area contributed by atoms with Gasteiger partial charge in [-0.05, 0) is 43.7 Å². The summed E-state index contributed by atoms with van der Waals surface area (Å²) in [7, 11) is 0. The second-order valence-corrected chi connectivity index (χ2v) is 8.58. The Bertz CT molecular complexity index is 671. The van der Waals surface area contributed by atoms with E-state index in [1.165, 1.54) is 24.0 Å². The highest BCUT2D eigenvalue weighted by Gasteiger charge is 2.42. The first-order valence-corrected chi connectivity index (χ1v) is 11.1. The maximum absolute atomic E-state index is 6.02. The lowest BCUT2D eigenvalue weighted by Gasteiger charge is -2.25. The van der Waals surface area contributed by atoms with Gasteiger partial charge in [-0.25, -0.2) is 4.99 Å². The van der Waals surface area contributed by atoms with Gasteiger partial charge in [-0.3, -0.25) is 0 Å². The Morgan fingerprint density at radius 2 is 1.90 bits per heavy atom. The van der Waals surface area contributed by atoms with Crippen molar-refractivity contribution in [1.82, 2.24) is 10.2 Å². The Morgan fingerprint density at radius 1 is 1.13 bits per heavy atom. The van der Waals surface area contributed by atoms with Crippen LogP contribution in [0.3, 0.4) is 0 Å². The molecule has 6 nitrogen and oxygen atoms in total. The molecular formula is C23H36IN3O3. The number of hydrogen-bond donors (Lipinski definition) is 1. The summed E-state index contributed by atoms with van der Waals surface area (Å²) in [6.07, 6.45) is 4.73. The summed E-state index contributed by atoms with van der Waals surface area (Å²) in [5.41, 5.74) is 2.80. The summed E-state index contributed by atoms with van der Waals surface area (Å²) in [6.45, 7) is 9.97. The van der Waals surface area contributed by atoms with Gasteiger partial charge in [0.15, 0.2) is 5.96 Å². The van der Waals surface area contributed by atoms with Crippen molar-refractivity contribution in [3.8, 4) is 0 Å². The standard InChI is InChI=1S/C23H35N3O3.HI/c1-2-24-22(26-11-9-23(17-26)10-14-28-18-23)25-15-19-3-5-20(6-4-19)16-29-21-7-12-27-13-8-21;/h3-6,21H,2,7-18H2,1H3,(H,24,25);1H. The van der Waals surface area contributed by atoms with Crippen molar-refractivity contribution in [3.05, 3.63) is 35.4 Å². The lowest BCUT2D eigenvalue weighted by molar-refractivity contribution is -0.0390. The summed E-state index contributed by atoms with van der Waals surface area (Å²) in [4.78, 5) is 7.33. The molecule has 1 atom stereocenters. The van der Waals surface area contributed by atoms with E-state index in [0.29, 0.717) is 24.7 Å². The second-order valence-electron chi connectivity index (χ2n) is 8.58. The molecule has 1 spiro atoms. The minimum atomic E-state index is 0. The van der Waals surface area contributed by atoms with E-state index in [0.717, 1.165) is 64.9 Å². The number of ether oxygens (including phenoxy) is 3. The molecule has 0 aliphatic carbocycles. The third kappa shape index (κ3) is 6.31. The third-order valence-corrected chi connectivity index (χ3v) is 6.35. The van der Waals surface area contributed by atoms with E-state index in [1.54, 1.807) is 0 Å². The number of rotatable bonds is 6. The molecule has 30 heavy (non-hydrogen) atoms. The zero-order chi connectivity index (χ0) is 19.9. The van der Waals surface area contributed by atoms with Gasteiger partial charge < -0.3 is 24.4 Å². The van der Waals surface area contributed by atoms with Gasteiger partial charge in [0.05, 0.1) is 25.9 Å². The number of nitrogens with one attached hydrogen (secondary N) is 1. The molecule has 7 heteroatoms. The lowest BCUT2D eigenvalue weighted by Crippen LogP contribution is -2.41. The van der Waals surface area contributed by atoms with Crippen molar-refractivity contribution in [2.24, 2.45) is 10.4 Å². The number of nitrogens with zero attached hydrogens (tertiary/aromatic N) is 2. The van der Waals surface area contributed by atoms with Crippen molar-refractivity contribution in [1.29, 1.82) is 0 Å². The third-order valence-electron chi connectivity index (χ3n) is 6.35. The fourth-order valence-electron chi connectivity index (χ4n) is 4.48. The average molecular weight is 529 g/mol. The van der Waals surface area contributed by atoms with Crippen LogP contribution < -0.4 is 5.32 Å². The van der Waals surface area contributed by atoms with Crippen LogP contribution in [0.1, 0.15) is 43.7 Å². The van der Waals surface area contributed by atoms with Crippen LogP contribution in [-0.2, 0) is 27.4 Å². The van der Waals surface area contributed by atoms with Crippen LogP contribution in [0.4, 0.5) is 0 Å². The Balaban J connectivity index is 0.00000256. The van der Waals surface area contributed by atoms with E-state index in [-0.39, 0.29) is 24.0 Å². The smallest absolute Gasteiger partial charge is 0.194 e. The van der Waals surface area contributed by atoms with Crippen molar-refractivity contribution in [2.75, 3.05) is 46.1 Å². The van der Waals surface area contributed by atoms with Crippen LogP contribution in [0.25, 0.3) is 0 Å². The monoisotopic (exact) mass is 529 g/mol. The molecule has 0 saturated carbocycles. The number of hydrogen-bond acceptors (Lipinski definition) is 4. The largest absolute Gasteiger partial charge is 0.381 e. The molecule has 0 aromatic heterocycles. The van der Waals surface area contributed by atoms with E-state index < -0.39 is 0 Å². The molecule has 168 valence electrons. The van der Waals surface area contributed by atoms with Crippen molar-refractivity contribution < 1.29 is 14.2 Å². The Hall–Kier alpha value is -0.900. The van der Waals surface area contributed by atoms with Gasteiger partial charge in [0, 0.05) is 44.9 Å². The summed E-state index contributed by atoms with van der Waals surface area (Å²) < 4.78 is 17.1. The number of guanidine groups is 1. The predicted octanol–water partition coefficient (Wildman–Crippen LogP) is 3.58. The van der Waals surface area contributed by atoms with Gasteiger partial charge in [0.2, 0.25) is 0 Å². The molecule has 1 N–H and O–H groups in total. The van der Waals surface area contributed by atoms with Crippen molar-refractivity contribution in [2.45, 2.75) is 51.9 Å². The van der Waals surface area contributed by atoms with Gasteiger partial charge in [-0.2, -0.15) is 0 Å². The van der Waals surface area contributed by atoms with E-state index in [1.807, 2.05) is 0 Å². The highest BCUT2D eigenvalue weighted by molar-refractivity contribution is 14.0. The van der Waals surface area contributed by atoms with Gasteiger partial charge in [0.1, 0.15) is 0 Å². The van der Waals surface area contributed by atoms with Crippen LogP contribution >= 0.6 is 24.0 Å². The Morgan fingerprint density at radius 3 is 2.60 bits per heavy atom. The zero-order valence-corrected chi connectivity index (χ0v) is 20.4. The molecular weight excluding hydrogens is 493 g/mol. The molecule has 0 bridgehead atoms. The molecule has 1 aromatic rings. The summed E-state index contributed by atoms with van der Waals surface area (Å²) in [6, 6.07) is 8.67. The normalized spacial score (nSPS) is 25.0. The lowest BCUT2D eigenvalue weighted by atomic mass is 9.87. The Labute approximate surface area is 197 Å². The fourth-order valence-corrected chi connectivity index (χ4v) is 4.48.